The van der Waals surface area contributed by atoms with Crippen molar-refractivity contribution in [3.8, 4) is 11.3 Å². The largest absolute Gasteiger partial charge is 0.439 e. The van der Waals surface area contributed by atoms with Crippen LogP contribution in [-0.4, -0.2) is 32.7 Å². The van der Waals surface area contributed by atoms with Gasteiger partial charge < -0.3 is 5.11 Å². The smallest absolute Gasteiger partial charge is 0.362 e. The van der Waals surface area contributed by atoms with E-state index in [2.05, 4.69) is 15.1 Å². The Labute approximate surface area is 168 Å². The number of aryl methyl sites for hydroxylation is 1. The van der Waals surface area contributed by atoms with Gasteiger partial charge in [-0.15, -0.1) is 11.3 Å². The van der Waals surface area contributed by atoms with E-state index in [1.807, 2.05) is 12.1 Å². The molecule has 0 saturated heterocycles. The molecule has 0 spiro atoms. The molecule has 29 heavy (non-hydrogen) atoms. The Morgan fingerprint density at radius 2 is 1.90 bits per heavy atom. The number of aliphatic hydroxyl groups is 1. The van der Waals surface area contributed by atoms with Crippen LogP contribution in [-0.2, 0) is 6.42 Å². The summed E-state index contributed by atoms with van der Waals surface area (Å²) in [7, 11) is 0. The molecule has 5 nitrogen and oxygen atoms in total. The number of hydrogen-bond donors (Lipinski definition) is 1. The minimum absolute atomic E-state index is 0.00369. The van der Waals surface area contributed by atoms with Crippen LogP contribution in [0.5, 0.6) is 0 Å². The summed E-state index contributed by atoms with van der Waals surface area (Å²) in [4.78, 5) is 8.27. The summed E-state index contributed by atoms with van der Waals surface area (Å²) >= 11 is 1.01. The highest BCUT2D eigenvalue weighted by Gasteiger charge is 2.68. The van der Waals surface area contributed by atoms with E-state index in [4.69, 9.17) is 0 Å². The van der Waals surface area contributed by atoms with Crippen LogP contribution in [0.15, 0.2) is 59.3 Å². The number of pyridine rings is 1. The molecule has 3 heterocycles. The van der Waals surface area contributed by atoms with Crippen molar-refractivity contribution in [3.63, 3.8) is 0 Å². The van der Waals surface area contributed by atoms with E-state index in [9.17, 15) is 18.3 Å². The summed E-state index contributed by atoms with van der Waals surface area (Å²) in [5.74, 6) is -1.18. The van der Waals surface area contributed by atoms with Crippen LogP contribution in [0.2, 0.25) is 0 Å². The number of halogens is 3. The van der Waals surface area contributed by atoms with Gasteiger partial charge in [-0.1, -0.05) is 24.3 Å². The number of fused-ring (bicyclic) bond motifs is 3. The molecule has 0 fully saturated rings. The summed E-state index contributed by atoms with van der Waals surface area (Å²) in [5, 5.41) is 17.6. The lowest BCUT2D eigenvalue weighted by atomic mass is 9.77. The lowest BCUT2D eigenvalue weighted by molar-refractivity contribution is -0.268. The number of hydrogen-bond acceptors (Lipinski definition) is 6. The van der Waals surface area contributed by atoms with Gasteiger partial charge in [-0.2, -0.15) is 23.3 Å². The van der Waals surface area contributed by atoms with Crippen molar-refractivity contribution >= 4 is 22.2 Å². The third kappa shape index (κ3) is 2.68. The second kappa shape index (κ2) is 6.36. The van der Waals surface area contributed by atoms with Gasteiger partial charge in [0.15, 0.2) is 0 Å². The average Bonchev–Trinajstić information content (AvgIpc) is 3.32. The molecule has 1 aromatic carbocycles. The molecule has 0 unspecified atom stereocenters. The predicted octanol–water partition coefficient (Wildman–Crippen LogP) is 4.24. The van der Waals surface area contributed by atoms with E-state index in [1.54, 1.807) is 42.0 Å². The molecule has 5 rings (SSSR count). The number of nitrogens with zero attached hydrogens (tertiary/aromatic N) is 4. The number of aromatic nitrogens is 2. The highest BCUT2D eigenvalue weighted by molar-refractivity contribution is 7.14. The fourth-order valence-electron chi connectivity index (χ4n) is 3.98. The molecule has 0 radical (unpaired) electrons. The first-order chi connectivity index (χ1) is 13.9. The molecule has 1 aliphatic carbocycles. The Balaban J connectivity index is 1.63. The highest BCUT2D eigenvalue weighted by Crippen LogP contribution is 2.50. The Morgan fingerprint density at radius 3 is 2.66 bits per heavy atom. The quantitative estimate of drug-likeness (QED) is 0.679. The van der Waals surface area contributed by atoms with Crippen molar-refractivity contribution in [2.45, 2.75) is 24.7 Å². The van der Waals surface area contributed by atoms with Crippen LogP contribution in [0.25, 0.3) is 11.3 Å². The fraction of sp³-hybridized carbons (Fsp3) is 0.250. The van der Waals surface area contributed by atoms with Crippen LogP contribution in [0.1, 0.15) is 17.5 Å². The van der Waals surface area contributed by atoms with E-state index in [1.165, 1.54) is 0 Å². The molecule has 2 aromatic heterocycles. The number of anilines is 1. The van der Waals surface area contributed by atoms with Crippen molar-refractivity contribution in [1.29, 1.82) is 0 Å². The molecule has 1 N–H and O–H groups in total. The maximum Gasteiger partial charge on any atom is 0.439 e. The first-order valence-corrected chi connectivity index (χ1v) is 9.89. The second-order valence-corrected chi connectivity index (χ2v) is 7.86. The van der Waals surface area contributed by atoms with Crippen molar-refractivity contribution in [2.75, 3.05) is 5.01 Å². The third-order valence-electron chi connectivity index (χ3n) is 5.41. The van der Waals surface area contributed by atoms with Crippen molar-refractivity contribution in [1.82, 2.24) is 9.97 Å². The SMILES string of the molecule is O[C@@]1(C(F)(F)F)[C@H]2CCc3ccccc3C2=NN1c1nc(-c2ccncc2)cs1. The molecule has 0 bridgehead atoms. The van der Waals surface area contributed by atoms with Crippen LogP contribution in [0, 0.1) is 5.92 Å². The number of rotatable bonds is 2. The molecule has 3 aromatic rings. The summed E-state index contributed by atoms with van der Waals surface area (Å²) in [6, 6.07) is 10.7. The van der Waals surface area contributed by atoms with Gasteiger partial charge in [-0.05, 0) is 30.5 Å². The van der Waals surface area contributed by atoms with E-state index in [0.717, 1.165) is 22.5 Å². The van der Waals surface area contributed by atoms with E-state index >= 15 is 0 Å². The van der Waals surface area contributed by atoms with Crippen LogP contribution < -0.4 is 5.01 Å². The molecule has 2 atom stereocenters. The standard InChI is InChI=1S/C20H15F3N4OS/c21-20(22,23)19(28)15-6-5-12-3-1-2-4-14(12)17(15)26-27(19)18-25-16(11-29-18)13-7-9-24-10-8-13/h1-4,7-11,15,28H,5-6H2/t15-,19+/m0/s1. The molecule has 2 aliphatic rings. The molecular weight excluding hydrogens is 401 g/mol. The average molecular weight is 416 g/mol. The lowest BCUT2D eigenvalue weighted by Gasteiger charge is -2.38. The minimum Gasteiger partial charge on any atom is -0.362 e. The van der Waals surface area contributed by atoms with Crippen molar-refractivity contribution in [3.05, 3.63) is 65.3 Å². The summed E-state index contributed by atoms with van der Waals surface area (Å²) in [5.41, 5.74) is -0.0545. The number of thiazole rings is 1. The van der Waals surface area contributed by atoms with E-state index < -0.39 is 17.8 Å². The Morgan fingerprint density at radius 1 is 1.14 bits per heavy atom. The maximum atomic E-state index is 14.2. The highest BCUT2D eigenvalue weighted by atomic mass is 32.1. The third-order valence-corrected chi connectivity index (χ3v) is 6.22. The molecule has 0 saturated carbocycles. The van der Waals surface area contributed by atoms with Gasteiger partial charge in [-0.3, -0.25) is 4.98 Å². The van der Waals surface area contributed by atoms with E-state index in [0.29, 0.717) is 22.7 Å². The predicted molar refractivity (Wildman–Crippen MR) is 104 cm³/mol. The zero-order valence-electron chi connectivity index (χ0n) is 15.0. The molecule has 9 heteroatoms. The van der Waals surface area contributed by atoms with Gasteiger partial charge in [0.05, 0.1) is 17.3 Å². The fourth-order valence-corrected chi connectivity index (χ4v) is 4.82. The molecular formula is C20H15F3N4OS. The monoisotopic (exact) mass is 416 g/mol. The van der Waals surface area contributed by atoms with Gasteiger partial charge in [-0.25, -0.2) is 4.98 Å². The Kier molecular flexibility index (Phi) is 4.01. The van der Waals surface area contributed by atoms with Crippen LogP contribution in [0.4, 0.5) is 18.3 Å². The molecule has 0 amide bonds. The van der Waals surface area contributed by atoms with Crippen LogP contribution in [0.3, 0.4) is 0 Å². The molecule has 1 aliphatic heterocycles. The Bertz CT molecular complexity index is 1100. The Hall–Kier alpha value is -2.78. The minimum atomic E-state index is -4.91. The summed E-state index contributed by atoms with van der Waals surface area (Å²) in [6.45, 7) is 0. The van der Waals surface area contributed by atoms with Gasteiger partial charge in [0.2, 0.25) is 5.13 Å². The topological polar surface area (TPSA) is 61.6 Å². The number of benzene rings is 1. The van der Waals surface area contributed by atoms with Crippen molar-refractivity contribution in [2.24, 2.45) is 11.0 Å². The number of hydrazone groups is 1. The summed E-state index contributed by atoms with van der Waals surface area (Å²) in [6.07, 6.45) is -1.13. The first kappa shape index (κ1) is 18.3. The van der Waals surface area contributed by atoms with Crippen LogP contribution >= 0.6 is 11.3 Å². The summed E-state index contributed by atoms with van der Waals surface area (Å²) < 4.78 is 42.5. The maximum absolute atomic E-state index is 14.2. The zero-order chi connectivity index (χ0) is 20.2. The van der Waals surface area contributed by atoms with Gasteiger partial charge in [0, 0.05) is 28.9 Å². The van der Waals surface area contributed by atoms with Crippen molar-refractivity contribution < 1.29 is 18.3 Å². The zero-order valence-corrected chi connectivity index (χ0v) is 15.8. The normalized spacial score (nSPS) is 23.5. The number of alkyl halides is 3. The molecule has 148 valence electrons. The first-order valence-electron chi connectivity index (χ1n) is 9.01. The second-order valence-electron chi connectivity index (χ2n) is 7.02. The van der Waals surface area contributed by atoms with Gasteiger partial charge >= 0.3 is 6.18 Å². The van der Waals surface area contributed by atoms with Gasteiger partial charge in [0.1, 0.15) is 0 Å². The lowest BCUT2D eigenvalue weighted by Crippen LogP contribution is -2.60. The van der Waals surface area contributed by atoms with E-state index in [-0.39, 0.29) is 17.3 Å². The van der Waals surface area contributed by atoms with Gasteiger partial charge in [0.25, 0.3) is 5.72 Å².